The van der Waals surface area contributed by atoms with Crippen LogP contribution in [0.25, 0.3) is 0 Å². The molecule has 0 aliphatic heterocycles. The van der Waals surface area contributed by atoms with Gasteiger partial charge >= 0.3 is 6.18 Å². The molecule has 2 N–H and O–H groups in total. The molecule has 0 saturated carbocycles. The van der Waals surface area contributed by atoms with Crippen molar-refractivity contribution < 1.29 is 13.2 Å². The Bertz CT molecular complexity index is 585. The van der Waals surface area contributed by atoms with Crippen LogP contribution in [-0.2, 0) is 6.18 Å². The molecule has 2 rings (SSSR count). The molecule has 100 valence electrons. The van der Waals surface area contributed by atoms with E-state index in [0.717, 1.165) is 12.1 Å². The first-order valence-corrected chi connectivity index (χ1v) is 6.32. The van der Waals surface area contributed by atoms with Crippen LogP contribution in [0.1, 0.15) is 5.56 Å². The van der Waals surface area contributed by atoms with Crippen molar-refractivity contribution in [3.63, 3.8) is 0 Å². The van der Waals surface area contributed by atoms with E-state index in [0.29, 0.717) is 14.9 Å². The minimum absolute atomic E-state index is 0.0663. The summed E-state index contributed by atoms with van der Waals surface area (Å²) in [5.41, 5.74) is 4.92. The molecular formula is C12H8ClF3N2S. The van der Waals surface area contributed by atoms with Crippen LogP contribution in [0.15, 0.2) is 46.5 Å². The van der Waals surface area contributed by atoms with Gasteiger partial charge in [-0.25, -0.2) is 4.98 Å². The topological polar surface area (TPSA) is 38.9 Å². The molecule has 0 saturated heterocycles. The highest BCUT2D eigenvalue weighted by molar-refractivity contribution is 7.99. The maximum absolute atomic E-state index is 12.5. The Hall–Kier alpha value is -1.40. The van der Waals surface area contributed by atoms with Crippen LogP contribution >= 0.6 is 23.4 Å². The molecule has 1 aromatic carbocycles. The molecular weight excluding hydrogens is 297 g/mol. The molecule has 0 unspecified atom stereocenters. The third-order valence-electron chi connectivity index (χ3n) is 2.25. The van der Waals surface area contributed by atoms with Gasteiger partial charge in [0.15, 0.2) is 0 Å². The lowest BCUT2D eigenvalue weighted by Crippen LogP contribution is -2.05. The lowest BCUT2D eigenvalue weighted by atomic mass is 10.2. The minimum atomic E-state index is -4.39. The summed E-state index contributed by atoms with van der Waals surface area (Å²) in [7, 11) is 0. The summed E-state index contributed by atoms with van der Waals surface area (Å²) in [6.07, 6.45) is -2.93. The number of benzene rings is 1. The van der Waals surface area contributed by atoms with Crippen molar-refractivity contribution in [1.29, 1.82) is 0 Å². The second-order valence-corrected chi connectivity index (χ2v) is 5.17. The van der Waals surface area contributed by atoms with Crippen molar-refractivity contribution in [3.05, 3.63) is 47.1 Å². The first-order valence-electron chi connectivity index (χ1n) is 5.12. The Morgan fingerprint density at radius 2 is 1.89 bits per heavy atom. The second kappa shape index (κ2) is 5.30. The van der Waals surface area contributed by atoms with Crippen molar-refractivity contribution in [2.24, 2.45) is 0 Å². The molecule has 0 aliphatic rings. The van der Waals surface area contributed by atoms with Crippen molar-refractivity contribution in [3.8, 4) is 0 Å². The third-order valence-corrected chi connectivity index (χ3v) is 3.52. The molecule has 0 spiro atoms. The van der Waals surface area contributed by atoms with Crippen LogP contribution in [0.2, 0.25) is 5.02 Å². The number of pyridine rings is 1. The summed E-state index contributed by atoms with van der Waals surface area (Å²) in [6.45, 7) is 0. The quantitative estimate of drug-likeness (QED) is 0.831. The molecule has 7 heteroatoms. The largest absolute Gasteiger partial charge is 0.416 e. The van der Waals surface area contributed by atoms with E-state index < -0.39 is 11.7 Å². The molecule has 1 heterocycles. The highest BCUT2D eigenvalue weighted by Gasteiger charge is 2.30. The predicted octanol–water partition coefficient (Wildman–Crippen LogP) is 4.49. The van der Waals surface area contributed by atoms with Crippen LogP contribution in [0.3, 0.4) is 0 Å². The Labute approximate surface area is 116 Å². The van der Waals surface area contributed by atoms with E-state index in [4.69, 9.17) is 17.3 Å². The first-order chi connectivity index (χ1) is 8.86. The number of nitrogens with zero attached hydrogens (tertiary/aromatic N) is 1. The summed E-state index contributed by atoms with van der Waals surface area (Å²) >= 11 is 6.88. The normalized spacial score (nSPS) is 11.6. The van der Waals surface area contributed by atoms with Gasteiger partial charge in [0, 0.05) is 16.8 Å². The fourth-order valence-corrected chi connectivity index (χ4v) is 2.24. The van der Waals surface area contributed by atoms with Crippen LogP contribution in [-0.4, -0.2) is 4.98 Å². The van der Waals surface area contributed by atoms with Gasteiger partial charge < -0.3 is 5.73 Å². The van der Waals surface area contributed by atoms with Crippen molar-refractivity contribution >= 4 is 29.1 Å². The van der Waals surface area contributed by atoms with Crippen molar-refractivity contribution in [2.45, 2.75) is 16.1 Å². The van der Waals surface area contributed by atoms with Crippen LogP contribution in [0.4, 0.5) is 18.9 Å². The number of hydrogen-bond acceptors (Lipinski definition) is 3. The Morgan fingerprint density at radius 1 is 1.16 bits per heavy atom. The van der Waals surface area contributed by atoms with Crippen LogP contribution < -0.4 is 5.73 Å². The highest BCUT2D eigenvalue weighted by atomic mass is 35.5. The molecule has 0 amide bonds. The van der Waals surface area contributed by atoms with Crippen LogP contribution in [0, 0.1) is 0 Å². The van der Waals surface area contributed by atoms with E-state index in [1.54, 1.807) is 12.1 Å². The van der Waals surface area contributed by atoms with E-state index in [-0.39, 0.29) is 5.69 Å². The lowest BCUT2D eigenvalue weighted by Gasteiger charge is -2.10. The fourth-order valence-electron chi connectivity index (χ4n) is 1.35. The molecule has 0 aliphatic carbocycles. The fraction of sp³-hybridized carbons (Fsp3) is 0.0833. The zero-order chi connectivity index (χ0) is 14.0. The number of rotatable bonds is 2. The number of alkyl halides is 3. The maximum Gasteiger partial charge on any atom is 0.416 e. The molecule has 0 atom stereocenters. The Balaban J connectivity index is 2.24. The average Bonchev–Trinajstić information content (AvgIpc) is 2.33. The van der Waals surface area contributed by atoms with Gasteiger partial charge in [0.2, 0.25) is 0 Å². The SMILES string of the molecule is Nc1cc(C(F)(F)F)ccc1Sc1ccc(Cl)cn1. The minimum Gasteiger partial charge on any atom is -0.398 e. The van der Waals surface area contributed by atoms with Gasteiger partial charge in [0.25, 0.3) is 0 Å². The second-order valence-electron chi connectivity index (χ2n) is 3.67. The number of nitrogens with two attached hydrogens (primary N) is 1. The maximum atomic E-state index is 12.5. The monoisotopic (exact) mass is 304 g/mol. The molecule has 0 bridgehead atoms. The molecule has 0 fully saturated rings. The van der Waals surface area contributed by atoms with Crippen molar-refractivity contribution in [1.82, 2.24) is 4.98 Å². The van der Waals surface area contributed by atoms with Gasteiger partial charge in [-0.1, -0.05) is 23.4 Å². The summed E-state index contributed by atoms with van der Waals surface area (Å²) in [5, 5.41) is 1.10. The zero-order valence-corrected chi connectivity index (χ0v) is 11.0. The summed E-state index contributed by atoms with van der Waals surface area (Å²) < 4.78 is 37.4. The number of anilines is 1. The van der Waals surface area contributed by atoms with Gasteiger partial charge in [0.1, 0.15) is 5.03 Å². The van der Waals surface area contributed by atoms with Gasteiger partial charge in [0.05, 0.1) is 10.6 Å². The van der Waals surface area contributed by atoms with E-state index in [1.165, 1.54) is 24.0 Å². The number of aromatic nitrogens is 1. The van der Waals surface area contributed by atoms with Gasteiger partial charge in [-0.05, 0) is 30.3 Å². The van der Waals surface area contributed by atoms with Crippen LogP contribution in [0.5, 0.6) is 0 Å². The third kappa shape index (κ3) is 3.54. The number of hydrogen-bond donors (Lipinski definition) is 1. The number of halogens is 4. The average molecular weight is 305 g/mol. The van der Waals surface area contributed by atoms with Gasteiger partial charge in [-0.3, -0.25) is 0 Å². The zero-order valence-electron chi connectivity index (χ0n) is 9.41. The Morgan fingerprint density at radius 3 is 2.42 bits per heavy atom. The summed E-state index contributed by atoms with van der Waals surface area (Å²) in [5.74, 6) is 0. The molecule has 2 aromatic rings. The smallest absolute Gasteiger partial charge is 0.398 e. The molecule has 0 radical (unpaired) electrons. The standard InChI is InChI=1S/C12H8ClF3N2S/c13-8-2-4-11(18-6-8)19-10-3-1-7(5-9(10)17)12(14,15)16/h1-6H,17H2. The lowest BCUT2D eigenvalue weighted by molar-refractivity contribution is -0.137. The molecule has 2 nitrogen and oxygen atoms in total. The van der Waals surface area contributed by atoms with E-state index >= 15 is 0 Å². The van der Waals surface area contributed by atoms with E-state index in [2.05, 4.69) is 4.98 Å². The highest BCUT2D eigenvalue weighted by Crippen LogP contribution is 2.36. The molecule has 19 heavy (non-hydrogen) atoms. The first kappa shape index (κ1) is 14.0. The van der Waals surface area contributed by atoms with Gasteiger partial charge in [-0.15, -0.1) is 0 Å². The number of nitrogen functional groups attached to an aromatic ring is 1. The van der Waals surface area contributed by atoms with Crippen molar-refractivity contribution in [2.75, 3.05) is 5.73 Å². The van der Waals surface area contributed by atoms with E-state index in [1.807, 2.05) is 0 Å². The summed E-state index contributed by atoms with van der Waals surface area (Å²) in [4.78, 5) is 4.56. The molecule has 1 aromatic heterocycles. The van der Waals surface area contributed by atoms with Gasteiger partial charge in [-0.2, -0.15) is 13.2 Å². The van der Waals surface area contributed by atoms with E-state index in [9.17, 15) is 13.2 Å². The Kier molecular flexibility index (Phi) is 3.91. The predicted molar refractivity (Wildman–Crippen MR) is 69.2 cm³/mol. The summed E-state index contributed by atoms with van der Waals surface area (Å²) in [6, 6.07) is 6.56.